The van der Waals surface area contributed by atoms with E-state index in [1.165, 1.54) is 24.0 Å². The molecule has 0 aliphatic heterocycles. The van der Waals surface area contributed by atoms with Gasteiger partial charge in [0.05, 0.1) is 0 Å². The number of rotatable bonds is 2. The van der Waals surface area contributed by atoms with Gasteiger partial charge >= 0.3 is 0 Å². The van der Waals surface area contributed by atoms with Crippen LogP contribution in [-0.2, 0) is 19.9 Å². The van der Waals surface area contributed by atoms with Crippen LogP contribution in [0, 0.1) is 0 Å². The van der Waals surface area contributed by atoms with Crippen LogP contribution in [0.15, 0.2) is 30.5 Å². The molecular formula is C15H17N3O. The molecule has 1 aliphatic carbocycles. The predicted octanol–water partition coefficient (Wildman–Crippen LogP) is 2.55. The zero-order valence-electron chi connectivity index (χ0n) is 11.0. The molecule has 19 heavy (non-hydrogen) atoms. The van der Waals surface area contributed by atoms with Crippen LogP contribution in [0.4, 0.5) is 5.82 Å². The van der Waals surface area contributed by atoms with Gasteiger partial charge in [0.1, 0.15) is 0 Å². The fourth-order valence-electron chi connectivity index (χ4n) is 2.54. The number of hydrogen-bond donors (Lipinski definition) is 1. The Kier molecular flexibility index (Phi) is 3.07. The molecule has 1 heterocycles. The van der Waals surface area contributed by atoms with Crippen LogP contribution < -0.4 is 5.32 Å². The van der Waals surface area contributed by atoms with E-state index in [2.05, 4.69) is 16.5 Å². The number of fused-ring (bicyclic) bond motifs is 1. The molecule has 0 radical (unpaired) electrons. The number of benzene rings is 1. The van der Waals surface area contributed by atoms with Gasteiger partial charge in [-0.15, -0.1) is 0 Å². The van der Waals surface area contributed by atoms with Gasteiger partial charge in [-0.05, 0) is 48.9 Å². The Hall–Kier alpha value is -2.10. The summed E-state index contributed by atoms with van der Waals surface area (Å²) in [5, 5.41) is 6.96. The maximum absolute atomic E-state index is 12.1. The number of carbonyl (C=O) groups is 1. The standard InChI is InChI=1S/C15H17N3O/c1-18-9-8-14(17-18)16-15(19)13-7-6-11-4-2-3-5-12(11)10-13/h6-10H,2-5H2,1H3,(H,16,17,19). The summed E-state index contributed by atoms with van der Waals surface area (Å²) in [6.07, 6.45) is 6.50. The van der Waals surface area contributed by atoms with E-state index >= 15 is 0 Å². The van der Waals surface area contributed by atoms with Crippen LogP contribution in [0.2, 0.25) is 0 Å². The van der Waals surface area contributed by atoms with Crippen LogP contribution >= 0.6 is 0 Å². The normalized spacial score (nSPS) is 13.9. The van der Waals surface area contributed by atoms with Gasteiger partial charge in [0.25, 0.3) is 5.91 Å². The lowest BCUT2D eigenvalue weighted by Crippen LogP contribution is -2.14. The summed E-state index contributed by atoms with van der Waals surface area (Å²) in [5.41, 5.74) is 3.42. The van der Waals surface area contributed by atoms with Crippen LogP contribution in [0.1, 0.15) is 34.3 Å². The monoisotopic (exact) mass is 255 g/mol. The minimum Gasteiger partial charge on any atom is -0.305 e. The quantitative estimate of drug-likeness (QED) is 0.896. The third kappa shape index (κ3) is 2.52. The molecule has 2 aromatic rings. The molecule has 4 nitrogen and oxygen atoms in total. The van der Waals surface area contributed by atoms with Gasteiger partial charge in [-0.2, -0.15) is 5.10 Å². The number of nitrogens with zero attached hydrogens (tertiary/aromatic N) is 2. The highest BCUT2D eigenvalue weighted by molar-refractivity contribution is 6.03. The van der Waals surface area contributed by atoms with E-state index in [0.29, 0.717) is 11.4 Å². The summed E-state index contributed by atoms with van der Waals surface area (Å²) in [7, 11) is 1.83. The van der Waals surface area contributed by atoms with Gasteiger partial charge in [0.2, 0.25) is 0 Å². The predicted molar refractivity (Wildman–Crippen MR) is 74.2 cm³/mol. The minimum atomic E-state index is -0.0907. The topological polar surface area (TPSA) is 46.9 Å². The van der Waals surface area contributed by atoms with Crippen LogP contribution in [0.25, 0.3) is 0 Å². The van der Waals surface area contributed by atoms with Gasteiger partial charge in [-0.25, -0.2) is 0 Å². The third-order valence-corrected chi connectivity index (χ3v) is 3.57. The molecule has 0 fully saturated rings. The summed E-state index contributed by atoms with van der Waals surface area (Å²) < 4.78 is 1.67. The van der Waals surface area contributed by atoms with Crippen molar-refractivity contribution < 1.29 is 4.79 Å². The minimum absolute atomic E-state index is 0.0907. The lowest BCUT2D eigenvalue weighted by molar-refractivity contribution is 0.102. The van der Waals surface area contributed by atoms with Gasteiger partial charge in [0.15, 0.2) is 5.82 Å². The van der Waals surface area contributed by atoms with Crippen molar-refractivity contribution in [2.75, 3.05) is 5.32 Å². The van der Waals surface area contributed by atoms with E-state index in [1.807, 2.05) is 25.4 Å². The highest BCUT2D eigenvalue weighted by atomic mass is 16.1. The maximum atomic E-state index is 12.1. The third-order valence-electron chi connectivity index (χ3n) is 3.57. The summed E-state index contributed by atoms with van der Waals surface area (Å²) in [5.74, 6) is 0.497. The lowest BCUT2D eigenvalue weighted by atomic mass is 9.90. The maximum Gasteiger partial charge on any atom is 0.256 e. The molecule has 1 aromatic carbocycles. The van der Waals surface area contributed by atoms with Crippen molar-refractivity contribution in [1.29, 1.82) is 0 Å². The highest BCUT2D eigenvalue weighted by Crippen LogP contribution is 2.22. The first kappa shape index (κ1) is 12.0. The van der Waals surface area contributed by atoms with Crippen molar-refractivity contribution >= 4 is 11.7 Å². The Morgan fingerprint density at radius 3 is 2.74 bits per heavy atom. The molecular weight excluding hydrogens is 238 g/mol. The van der Waals surface area contributed by atoms with Crippen molar-refractivity contribution in [3.8, 4) is 0 Å². The Bertz CT molecular complexity index is 616. The molecule has 3 rings (SSSR count). The Balaban J connectivity index is 1.80. The SMILES string of the molecule is Cn1ccc(NC(=O)c2ccc3c(c2)CCCC3)n1. The summed E-state index contributed by atoms with van der Waals surface area (Å²) in [4.78, 5) is 12.1. The second-order valence-corrected chi connectivity index (χ2v) is 5.02. The lowest BCUT2D eigenvalue weighted by Gasteiger charge is -2.16. The van der Waals surface area contributed by atoms with Gasteiger partial charge in [-0.3, -0.25) is 9.48 Å². The van der Waals surface area contributed by atoms with Gasteiger partial charge in [0, 0.05) is 24.9 Å². The van der Waals surface area contributed by atoms with Crippen molar-refractivity contribution in [2.24, 2.45) is 7.05 Å². The largest absolute Gasteiger partial charge is 0.305 e. The summed E-state index contributed by atoms with van der Waals surface area (Å²) in [6, 6.07) is 7.80. The number of nitrogens with one attached hydrogen (secondary N) is 1. The van der Waals surface area contributed by atoms with Crippen LogP contribution in [0.5, 0.6) is 0 Å². The zero-order valence-corrected chi connectivity index (χ0v) is 11.0. The van der Waals surface area contributed by atoms with E-state index in [0.717, 1.165) is 12.8 Å². The van der Waals surface area contributed by atoms with E-state index in [4.69, 9.17) is 0 Å². The first-order chi connectivity index (χ1) is 9.22. The first-order valence-electron chi connectivity index (χ1n) is 6.65. The number of anilines is 1. The summed E-state index contributed by atoms with van der Waals surface area (Å²) >= 11 is 0. The molecule has 0 spiro atoms. The van der Waals surface area contributed by atoms with Crippen LogP contribution in [0.3, 0.4) is 0 Å². The Morgan fingerprint density at radius 1 is 1.21 bits per heavy atom. The van der Waals surface area contributed by atoms with E-state index in [9.17, 15) is 4.79 Å². The number of aromatic nitrogens is 2. The Morgan fingerprint density at radius 2 is 2.00 bits per heavy atom. The second kappa shape index (κ2) is 4.88. The van der Waals surface area contributed by atoms with Crippen molar-refractivity contribution in [3.63, 3.8) is 0 Å². The van der Waals surface area contributed by atoms with Gasteiger partial charge in [-0.1, -0.05) is 6.07 Å². The van der Waals surface area contributed by atoms with E-state index in [1.54, 1.807) is 10.7 Å². The number of carbonyl (C=O) groups excluding carboxylic acids is 1. The molecule has 0 bridgehead atoms. The fourth-order valence-corrected chi connectivity index (χ4v) is 2.54. The molecule has 0 saturated heterocycles. The molecule has 1 N–H and O–H groups in total. The number of amides is 1. The Labute approximate surface area is 112 Å². The average Bonchev–Trinajstić information content (AvgIpc) is 2.83. The number of hydrogen-bond acceptors (Lipinski definition) is 2. The molecule has 4 heteroatoms. The highest BCUT2D eigenvalue weighted by Gasteiger charge is 2.13. The molecule has 1 aromatic heterocycles. The second-order valence-electron chi connectivity index (χ2n) is 5.02. The van der Waals surface area contributed by atoms with Gasteiger partial charge < -0.3 is 5.32 Å². The smallest absolute Gasteiger partial charge is 0.256 e. The number of aryl methyl sites for hydroxylation is 3. The molecule has 1 aliphatic rings. The van der Waals surface area contributed by atoms with Crippen LogP contribution in [-0.4, -0.2) is 15.7 Å². The molecule has 98 valence electrons. The molecule has 0 atom stereocenters. The van der Waals surface area contributed by atoms with Crippen molar-refractivity contribution in [2.45, 2.75) is 25.7 Å². The van der Waals surface area contributed by atoms with E-state index in [-0.39, 0.29) is 5.91 Å². The average molecular weight is 255 g/mol. The fraction of sp³-hybridized carbons (Fsp3) is 0.333. The summed E-state index contributed by atoms with van der Waals surface area (Å²) in [6.45, 7) is 0. The van der Waals surface area contributed by atoms with Crippen molar-refractivity contribution in [1.82, 2.24) is 9.78 Å². The first-order valence-corrected chi connectivity index (χ1v) is 6.65. The molecule has 1 amide bonds. The van der Waals surface area contributed by atoms with E-state index < -0.39 is 0 Å². The van der Waals surface area contributed by atoms with Crippen molar-refractivity contribution in [3.05, 3.63) is 47.2 Å². The molecule has 0 saturated carbocycles. The zero-order chi connectivity index (χ0) is 13.2. The molecule has 0 unspecified atom stereocenters.